The Hall–Kier alpha value is -0.685. The first-order valence-corrected chi connectivity index (χ1v) is 9.99. The molecule has 3 rings (SSSR count). The lowest BCUT2D eigenvalue weighted by Crippen LogP contribution is -2.64. The zero-order valence-electron chi connectivity index (χ0n) is 16.9. The second-order valence-electron chi connectivity index (χ2n) is 7.16. The van der Waals surface area contributed by atoms with Crippen LogP contribution >= 0.6 is 11.8 Å². The van der Waals surface area contributed by atoms with E-state index in [0.717, 1.165) is 25.7 Å². The van der Waals surface area contributed by atoms with Crippen LogP contribution in [0.4, 0.5) is 4.79 Å². The third-order valence-corrected chi connectivity index (χ3v) is 5.15. The third kappa shape index (κ3) is 8.80. The predicted octanol–water partition coefficient (Wildman–Crippen LogP) is 4.74. The summed E-state index contributed by atoms with van der Waals surface area (Å²) in [6.07, 6.45) is 3.14. The molecule has 0 spiro atoms. The van der Waals surface area contributed by atoms with Crippen LogP contribution in [-0.2, 0) is 14.3 Å². The number of alkyl carbamates (subject to hydrolysis) is 1. The molecule has 2 bridgehead atoms. The zero-order chi connectivity index (χ0) is 19.7. The second-order valence-corrected chi connectivity index (χ2v) is 8.31. The Labute approximate surface area is 166 Å². The van der Waals surface area contributed by atoms with Crippen LogP contribution in [0.25, 0.3) is 0 Å². The molecule has 0 aromatic carbocycles. The van der Waals surface area contributed by atoms with Gasteiger partial charge in [0.15, 0.2) is 5.12 Å². The molecule has 7 heteroatoms. The van der Waals surface area contributed by atoms with Crippen LogP contribution in [0.5, 0.6) is 0 Å². The fraction of sp³-hybridized carbons (Fsp3) is 0.895. The molecule has 0 unspecified atom stereocenters. The van der Waals surface area contributed by atoms with Crippen molar-refractivity contribution in [3.63, 3.8) is 0 Å². The highest BCUT2D eigenvalue weighted by molar-refractivity contribution is 8.13. The lowest BCUT2D eigenvalue weighted by Gasteiger charge is -2.53. The van der Waals surface area contributed by atoms with Gasteiger partial charge in [0.05, 0.1) is 25.6 Å². The smallest absolute Gasteiger partial charge is 0.408 e. The molecule has 1 N–H and O–H groups in total. The van der Waals surface area contributed by atoms with Crippen molar-refractivity contribution in [1.29, 1.82) is 0 Å². The van der Waals surface area contributed by atoms with Gasteiger partial charge in [-0.1, -0.05) is 39.9 Å². The number of thioether (sulfide) groups is 1. The monoisotopic (exact) mass is 387 g/mol. The van der Waals surface area contributed by atoms with E-state index in [1.54, 1.807) is 6.92 Å². The number of nitrogens with one attached hydrogen (secondary N) is 1. The standard InChI is InChI=1S/C15H25NO4S.C2H6.CH3B.CH4/c1-11(17)21-10-15-7-5-14(6-8-15,9-19-15)16-12(18)20-13(2,3)4;2*1-2;/h5-10H2,1-4H3,(H,16,18);1-2H3;1H3;1H4. The third-order valence-electron chi connectivity index (χ3n) is 4.08. The van der Waals surface area contributed by atoms with Gasteiger partial charge in [-0.2, -0.15) is 0 Å². The molecule has 3 fully saturated rings. The number of carbonyl (C=O) groups excluding carboxylic acids is 2. The summed E-state index contributed by atoms with van der Waals surface area (Å²) < 4.78 is 11.3. The van der Waals surface area contributed by atoms with Crippen molar-refractivity contribution in [2.24, 2.45) is 0 Å². The van der Waals surface area contributed by atoms with E-state index < -0.39 is 5.60 Å². The van der Waals surface area contributed by atoms with Gasteiger partial charge in [0, 0.05) is 12.7 Å². The van der Waals surface area contributed by atoms with Gasteiger partial charge in [-0.25, -0.2) is 4.79 Å². The Morgan fingerprint density at radius 3 is 2.00 bits per heavy atom. The van der Waals surface area contributed by atoms with Crippen LogP contribution in [0, 0.1) is 0 Å². The average Bonchev–Trinajstić information content (AvgIpc) is 2.56. The fourth-order valence-electron chi connectivity index (χ4n) is 2.86. The van der Waals surface area contributed by atoms with E-state index in [1.807, 2.05) is 34.6 Å². The molecule has 5 nitrogen and oxygen atoms in total. The quantitative estimate of drug-likeness (QED) is 0.709. The number of carbonyl (C=O) groups is 2. The largest absolute Gasteiger partial charge is 0.444 e. The van der Waals surface area contributed by atoms with Crippen LogP contribution in [0.2, 0.25) is 6.82 Å². The van der Waals surface area contributed by atoms with Crippen LogP contribution in [0.3, 0.4) is 0 Å². The maximum absolute atomic E-state index is 12.0. The number of hydrogen-bond donors (Lipinski definition) is 1. The minimum absolute atomic E-state index is 0. The predicted molar refractivity (Wildman–Crippen MR) is 112 cm³/mol. The van der Waals surface area contributed by atoms with E-state index in [9.17, 15) is 9.59 Å². The van der Waals surface area contributed by atoms with Crippen molar-refractivity contribution in [2.45, 2.75) is 98.2 Å². The molecule has 2 saturated heterocycles. The maximum atomic E-state index is 12.0. The van der Waals surface area contributed by atoms with Gasteiger partial charge in [0.2, 0.25) is 0 Å². The molecular formula is C19H38BNO4S. The average molecular weight is 387 g/mol. The van der Waals surface area contributed by atoms with Crippen LogP contribution in [-0.4, -0.2) is 48.2 Å². The molecule has 152 valence electrons. The summed E-state index contributed by atoms with van der Waals surface area (Å²) in [5.41, 5.74) is -0.981. The van der Waals surface area contributed by atoms with Gasteiger partial charge in [-0.05, 0) is 46.5 Å². The minimum atomic E-state index is -0.493. The molecule has 3 aliphatic rings. The first-order chi connectivity index (χ1) is 11.6. The molecule has 26 heavy (non-hydrogen) atoms. The zero-order valence-corrected chi connectivity index (χ0v) is 17.7. The van der Waals surface area contributed by atoms with Crippen molar-refractivity contribution in [3.8, 4) is 0 Å². The van der Waals surface area contributed by atoms with E-state index in [2.05, 4.69) is 13.2 Å². The minimum Gasteiger partial charge on any atom is -0.444 e. The normalized spacial score (nSPS) is 26.1. The Morgan fingerprint density at radius 2 is 1.65 bits per heavy atom. The number of hydrogen-bond acceptors (Lipinski definition) is 5. The van der Waals surface area contributed by atoms with E-state index >= 15 is 0 Å². The van der Waals surface area contributed by atoms with Crippen molar-refractivity contribution < 1.29 is 19.1 Å². The molecule has 2 aliphatic heterocycles. The van der Waals surface area contributed by atoms with Gasteiger partial charge in [0.25, 0.3) is 0 Å². The number of ether oxygens (including phenoxy) is 2. The molecule has 1 amide bonds. The molecule has 2 radical (unpaired) electrons. The SMILES string of the molecule is C.CC.CC(=O)SCC12CCC(NC(=O)OC(C)(C)C)(CC1)CO2.[B]C. The lowest BCUT2D eigenvalue weighted by atomic mass is 9.72. The lowest BCUT2D eigenvalue weighted by molar-refractivity contribution is -0.147. The Kier molecular flexibility index (Phi) is 12.6. The van der Waals surface area contributed by atoms with Crippen LogP contribution < -0.4 is 5.32 Å². The van der Waals surface area contributed by atoms with E-state index in [4.69, 9.17) is 9.47 Å². The molecule has 2 heterocycles. The van der Waals surface area contributed by atoms with Crippen molar-refractivity contribution in [2.75, 3.05) is 12.4 Å². The van der Waals surface area contributed by atoms with Crippen molar-refractivity contribution in [1.82, 2.24) is 5.32 Å². The van der Waals surface area contributed by atoms with Crippen LogP contribution in [0.15, 0.2) is 0 Å². The van der Waals surface area contributed by atoms with E-state index in [1.165, 1.54) is 18.6 Å². The summed E-state index contributed by atoms with van der Waals surface area (Å²) in [6, 6.07) is 0. The summed E-state index contributed by atoms with van der Waals surface area (Å²) in [6.45, 7) is 13.2. The highest BCUT2D eigenvalue weighted by Crippen LogP contribution is 2.45. The molecule has 1 aliphatic carbocycles. The summed E-state index contributed by atoms with van der Waals surface area (Å²) in [5, 5.41) is 3.13. The van der Waals surface area contributed by atoms with Gasteiger partial charge in [0.1, 0.15) is 5.60 Å². The highest BCUT2D eigenvalue weighted by atomic mass is 32.2. The van der Waals surface area contributed by atoms with Crippen molar-refractivity contribution >= 4 is 30.8 Å². The Morgan fingerprint density at radius 1 is 1.15 bits per heavy atom. The molecule has 0 atom stereocenters. The number of amides is 1. The molecular weight excluding hydrogens is 349 g/mol. The summed E-state index contributed by atoms with van der Waals surface area (Å²) in [5.74, 6) is 0.713. The van der Waals surface area contributed by atoms with Crippen molar-refractivity contribution in [3.05, 3.63) is 0 Å². The number of fused-ring (bicyclic) bond motifs is 3. The van der Waals surface area contributed by atoms with E-state index in [-0.39, 0.29) is 29.8 Å². The first-order valence-electron chi connectivity index (χ1n) is 9.00. The Balaban J connectivity index is 0. The van der Waals surface area contributed by atoms with Gasteiger partial charge in [-0.3, -0.25) is 4.79 Å². The first kappa shape index (κ1) is 27.5. The van der Waals surface area contributed by atoms with Gasteiger partial charge in [-0.15, -0.1) is 0 Å². The topological polar surface area (TPSA) is 64.6 Å². The maximum Gasteiger partial charge on any atom is 0.408 e. The molecule has 0 aromatic rings. The summed E-state index contributed by atoms with van der Waals surface area (Å²) >= 11 is 1.33. The van der Waals surface area contributed by atoms with Gasteiger partial charge < -0.3 is 14.8 Å². The fourth-order valence-corrected chi connectivity index (χ4v) is 3.70. The molecule has 1 saturated carbocycles. The summed E-state index contributed by atoms with van der Waals surface area (Å²) in [7, 11) is 4.50. The van der Waals surface area contributed by atoms with Gasteiger partial charge >= 0.3 is 6.09 Å². The second kappa shape index (κ2) is 11.9. The Bertz CT molecular complexity index is 413. The number of rotatable bonds is 3. The molecule has 0 aromatic heterocycles. The van der Waals surface area contributed by atoms with Crippen LogP contribution in [0.1, 0.15) is 74.7 Å². The highest BCUT2D eigenvalue weighted by Gasteiger charge is 2.50. The summed E-state index contributed by atoms with van der Waals surface area (Å²) in [4.78, 5) is 23.1. The van der Waals surface area contributed by atoms with E-state index in [0.29, 0.717) is 12.4 Å².